The number of aryl methyl sites for hydroxylation is 1. The Balaban J connectivity index is 1.90. The van der Waals surface area contributed by atoms with Crippen molar-refractivity contribution in [2.24, 2.45) is 11.7 Å². The third kappa shape index (κ3) is 2.63. The summed E-state index contributed by atoms with van der Waals surface area (Å²) in [5, 5.41) is 3.66. The zero-order chi connectivity index (χ0) is 11.4. The largest absolute Gasteiger partial charge is 0.330 e. The van der Waals surface area contributed by atoms with Crippen molar-refractivity contribution in [1.82, 2.24) is 5.32 Å². The van der Waals surface area contributed by atoms with Crippen LogP contribution in [-0.2, 0) is 6.54 Å². The fraction of sp³-hybridized carbons (Fsp3) is 0.571. The molecular formula is C14H22N2. The number of nitrogens with one attached hydrogen (secondary N) is 1. The van der Waals surface area contributed by atoms with Crippen molar-refractivity contribution >= 4 is 0 Å². The second-order valence-electron chi connectivity index (χ2n) is 4.84. The lowest BCUT2D eigenvalue weighted by atomic mass is 10.0. The normalized spacial score (nSPS) is 24.9. The minimum atomic E-state index is 0.629. The number of nitrogens with two attached hydrogens (primary N) is 1. The van der Waals surface area contributed by atoms with Gasteiger partial charge in [0.25, 0.3) is 0 Å². The number of hydrogen-bond donors (Lipinski definition) is 2. The molecule has 2 heteroatoms. The fourth-order valence-electron chi connectivity index (χ4n) is 2.64. The van der Waals surface area contributed by atoms with E-state index in [4.69, 9.17) is 5.73 Å². The third-order valence-electron chi connectivity index (χ3n) is 3.78. The third-order valence-corrected chi connectivity index (χ3v) is 3.78. The van der Waals surface area contributed by atoms with Gasteiger partial charge >= 0.3 is 0 Å². The zero-order valence-corrected chi connectivity index (χ0v) is 10.1. The molecule has 0 bridgehead atoms. The minimum absolute atomic E-state index is 0.629. The summed E-state index contributed by atoms with van der Waals surface area (Å²) in [6.45, 7) is 3.98. The van der Waals surface area contributed by atoms with Crippen LogP contribution in [0.2, 0.25) is 0 Å². The van der Waals surface area contributed by atoms with Crippen molar-refractivity contribution in [2.75, 3.05) is 6.54 Å². The first-order chi connectivity index (χ1) is 7.81. The summed E-state index contributed by atoms with van der Waals surface area (Å²) in [5.41, 5.74) is 8.56. The summed E-state index contributed by atoms with van der Waals surface area (Å²) < 4.78 is 0. The number of benzene rings is 1. The molecule has 0 heterocycles. The highest BCUT2D eigenvalue weighted by Crippen LogP contribution is 2.25. The van der Waals surface area contributed by atoms with Gasteiger partial charge in [-0.25, -0.2) is 0 Å². The zero-order valence-electron chi connectivity index (χ0n) is 10.1. The van der Waals surface area contributed by atoms with Gasteiger partial charge in [0.1, 0.15) is 0 Å². The Morgan fingerprint density at radius 2 is 2.12 bits per heavy atom. The van der Waals surface area contributed by atoms with Crippen LogP contribution in [0.15, 0.2) is 24.3 Å². The highest BCUT2D eigenvalue weighted by atomic mass is 14.9. The van der Waals surface area contributed by atoms with Crippen LogP contribution < -0.4 is 11.1 Å². The molecule has 3 N–H and O–H groups in total. The molecule has 0 spiro atoms. The molecule has 0 aliphatic heterocycles. The summed E-state index contributed by atoms with van der Waals surface area (Å²) in [5.74, 6) is 0.684. The molecule has 1 aromatic rings. The van der Waals surface area contributed by atoms with E-state index in [1.165, 1.54) is 30.4 Å². The van der Waals surface area contributed by atoms with Crippen molar-refractivity contribution in [3.05, 3.63) is 35.4 Å². The molecule has 2 nitrogen and oxygen atoms in total. The standard InChI is InChI=1S/C14H22N2/c1-11-5-2-3-6-13(11)10-16-14-8-4-7-12(14)9-15/h2-3,5-6,12,14,16H,4,7-10,15H2,1H3. The second-order valence-corrected chi connectivity index (χ2v) is 4.84. The summed E-state index contributed by atoms with van der Waals surface area (Å²) >= 11 is 0. The molecule has 0 amide bonds. The van der Waals surface area contributed by atoms with Gasteiger partial charge in [-0.05, 0) is 43.4 Å². The smallest absolute Gasteiger partial charge is 0.0210 e. The maximum atomic E-state index is 5.78. The Morgan fingerprint density at radius 1 is 1.31 bits per heavy atom. The first-order valence-electron chi connectivity index (χ1n) is 6.29. The first-order valence-corrected chi connectivity index (χ1v) is 6.29. The average Bonchev–Trinajstić information content (AvgIpc) is 2.75. The van der Waals surface area contributed by atoms with Gasteiger partial charge in [-0.2, -0.15) is 0 Å². The van der Waals surface area contributed by atoms with Crippen LogP contribution >= 0.6 is 0 Å². The Labute approximate surface area is 98.2 Å². The van der Waals surface area contributed by atoms with Crippen LogP contribution in [-0.4, -0.2) is 12.6 Å². The van der Waals surface area contributed by atoms with E-state index in [0.29, 0.717) is 12.0 Å². The maximum Gasteiger partial charge on any atom is 0.0210 e. The summed E-state index contributed by atoms with van der Waals surface area (Å²) in [6.07, 6.45) is 3.91. The molecule has 1 aliphatic rings. The number of rotatable bonds is 4. The van der Waals surface area contributed by atoms with Crippen LogP contribution in [0.4, 0.5) is 0 Å². The molecule has 2 atom stereocenters. The van der Waals surface area contributed by atoms with Gasteiger partial charge in [-0.3, -0.25) is 0 Å². The SMILES string of the molecule is Cc1ccccc1CNC1CCCC1CN. The van der Waals surface area contributed by atoms with Gasteiger partial charge in [0.05, 0.1) is 0 Å². The van der Waals surface area contributed by atoms with Gasteiger partial charge in [0.2, 0.25) is 0 Å². The summed E-state index contributed by atoms with van der Waals surface area (Å²) in [4.78, 5) is 0. The molecule has 1 aromatic carbocycles. The molecule has 2 unspecified atom stereocenters. The van der Waals surface area contributed by atoms with Crippen molar-refractivity contribution in [1.29, 1.82) is 0 Å². The Hall–Kier alpha value is -0.860. The molecule has 16 heavy (non-hydrogen) atoms. The summed E-state index contributed by atoms with van der Waals surface area (Å²) in [6, 6.07) is 9.21. The van der Waals surface area contributed by atoms with Crippen molar-refractivity contribution < 1.29 is 0 Å². The second kappa shape index (κ2) is 5.46. The molecule has 2 rings (SSSR count). The lowest BCUT2D eigenvalue weighted by Gasteiger charge is -2.20. The Morgan fingerprint density at radius 3 is 2.88 bits per heavy atom. The van der Waals surface area contributed by atoms with Crippen LogP contribution in [0, 0.1) is 12.8 Å². The summed E-state index contributed by atoms with van der Waals surface area (Å²) in [7, 11) is 0. The molecular weight excluding hydrogens is 196 g/mol. The minimum Gasteiger partial charge on any atom is -0.330 e. The van der Waals surface area contributed by atoms with Gasteiger partial charge in [-0.1, -0.05) is 30.7 Å². The monoisotopic (exact) mass is 218 g/mol. The van der Waals surface area contributed by atoms with E-state index in [-0.39, 0.29) is 0 Å². The topological polar surface area (TPSA) is 38.0 Å². The molecule has 1 fully saturated rings. The van der Waals surface area contributed by atoms with Gasteiger partial charge in [-0.15, -0.1) is 0 Å². The van der Waals surface area contributed by atoms with Crippen LogP contribution in [0.3, 0.4) is 0 Å². The number of hydrogen-bond acceptors (Lipinski definition) is 2. The highest BCUT2D eigenvalue weighted by molar-refractivity contribution is 5.25. The van der Waals surface area contributed by atoms with E-state index < -0.39 is 0 Å². The lowest BCUT2D eigenvalue weighted by Crippen LogP contribution is -2.35. The maximum absolute atomic E-state index is 5.78. The van der Waals surface area contributed by atoms with Crippen LogP contribution in [0.1, 0.15) is 30.4 Å². The van der Waals surface area contributed by atoms with Gasteiger partial charge < -0.3 is 11.1 Å². The van der Waals surface area contributed by atoms with Crippen molar-refractivity contribution in [3.63, 3.8) is 0 Å². The van der Waals surface area contributed by atoms with Crippen LogP contribution in [0.5, 0.6) is 0 Å². The predicted molar refractivity (Wildman–Crippen MR) is 68.2 cm³/mol. The first kappa shape index (κ1) is 11.6. The van der Waals surface area contributed by atoms with E-state index in [9.17, 15) is 0 Å². The van der Waals surface area contributed by atoms with E-state index >= 15 is 0 Å². The quantitative estimate of drug-likeness (QED) is 0.813. The highest BCUT2D eigenvalue weighted by Gasteiger charge is 2.25. The fourth-order valence-corrected chi connectivity index (χ4v) is 2.64. The van der Waals surface area contributed by atoms with Gasteiger partial charge in [0, 0.05) is 12.6 Å². The van der Waals surface area contributed by atoms with E-state index in [2.05, 4.69) is 36.5 Å². The molecule has 88 valence electrons. The molecule has 0 radical (unpaired) electrons. The van der Waals surface area contributed by atoms with Crippen LogP contribution in [0.25, 0.3) is 0 Å². The lowest BCUT2D eigenvalue weighted by molar-refractivity contribution is 0.406. The van der Waals surface area contributed by atoms with Crippen molar-refractivity contribution in [2.45, 2.75) is 38.8 Å². The molecule has 0 aromatic heterocycles. The predicted octanol–water partition coefficient (Wildman–Crippen LogP) is 2.21. The Kier molecular flexibility index (Phi) is 3.97. The van der Waals surface area contributed by atoms with E-state index in [0.717, 1.165) is 13.1 Å². The average molecular weight is 218 g/mol. The Bertz CT molecular complexity index is 335. The van der Waals surface area contributed by atoms with E-state index in [1.807, 2.05) is 0 Å². The molecule has 1 saturated carbocycles. The molecule has 1 aliphatic carbocycles. The van der Waals surface area contributed by atoms with Crippen molar-refractivity contribution in [3.8, 4) is 0 Å². The van der Waals surface area contributed by atoms with Gasteiger partial charge in [0.15, 0.2) is 0 Å². The van der Waals surface area contributed by atoms with E-state index in [1.54, 1.807) is 0 Å². The molecule has 0 saturated heterocycles.